The summed E-state index contributed by atoms with van der Waals surface area (Å²) in [6.07, 6.45) is -2.69. The first-order valence-electron chi connectivity index (χ1n) is 6.28. The Morgan fingerprint density at radius 1 is 1.32 bits per heavy atom. The van der Waals surface area contributed by atoms with E-state index in [4.69, 9.17) is 5.73 Å². The van der Waals surface area contributed by atoms with Gasteiger partial charge in [-0.25, -0.2) is 9.97 Å². The lowest BCUT2D eigenvalue weighted by Gasteiger charge is -2.31. The summed E-state index contributed by atoms with van der Waals surface area (Å²) < 4.78 is 38.1. The van der Waals surface area contributed by atoms with E-state index in [9.17, 15) is 13.2 Å². The van der Waals surface area contributed by atoms with Gasteiger partial charge in [0.25, 0.3) is 0 Å². The number of nitrogens with zero attached hydrogens (tertiary/aromatic N) is 3. The van der Waals surface area contributed by atoms with E-state index in [1.54, 1.807) is 11.8 Å². The maximum atomic E-state index is 12.7. The van der Waals surface area contributed by atoms with Crippen molar-refractivity contribution in [1.29, 1.82) is 0 Å². The minimum absolute atomic E-state index is 0.169. The maximum Gasteiger partial charge on any atom is 0.433 e. The van der Waals surface area contributed by atoms with E-state index in [-0.39, 0.29) is 5.95 Å². The van der Waals surface area contributed by atoms with E-state index in [1.807, 2.05) is 0 Å². The Balaban J connectivity index is 2.19. The molecule has 2 N–H and O–H groups in total. The van der Waals surface area contributed by atoms with E-state index in [0.29, 0.717) is 31.2 Å². The van der Waals surface area contributed by atoms with Gasteiger partial charge in [-0.2, -0.15) is 13.2 Å². The van der Waals surface area contributed by atoms with Crippen LogP contribution in [0.2, 0.25) is 0 Å². The Hall–Kier alpha value is -1.37. The number of aryl methyl sites for hydroxylation is 1. The number of nitrogens with two attached hydrogens (primary N) is 1. The van der Waals surface area contributed by atoms with Gasteiger partial charge in [-0.3, -0.25) is 0 Å². The van der Waals surface area contributed by atoms with E-state index in [2.05, 4.69) is 9.97 Å². The van der Waals surface area contributed by atoms with Crippen molar-refractivity contribution in [2.75, 3.05) is 24.5 Å². The summed E-state index contributed by atoms with van der Waals surface area (Å²) in [5.41, 5.74) is 5.05. The van der Waals surface area contributed by atoms with Crippen molar-refractivity contribution in [1.82, 2.24) is 9.97 Å². The lowest BCUT2D eigenvalue weighted by molar-refractivity contribution is -0.141. The zero-order valence-corrected chi connectivity index (χ0v) is 10.7. The molecule has 0 amide bonds. The van der Waals surface area contributed by atoms with Crippen LogP contribution in [0, 0.1) is 12.8 Å². The molecule has 0 unspecified atom stereocenters. The van der Waals surface area contributed by atoms with E-state index < -0.39 is 11.9 Å². The van der Waals surface area contributed by atoms with Crippen LogP contribution in [0.3, 0.4) is 0 Å². The van der Waals surface area contributed by atoms with Crippen molar-refractivity contribution in [2.45, 2.75) is 25.9 Å². The molecule has 1 aromatic heterocycles. The van der Waals surface area contributed by atoms with Gasteiger partial charge in [0, 0.05) is 18.8 Å². The summed E-state index contributed by atoms with van der Waals surface area (Å²) in [6, 6.07) is 0.968. The van der Waals surface area contributed by atoms with Crippen LogP contribution in [0.5, 0.6) is 0 Å². The second kappa shape index (κ2) is 5.32. The first kappa shape index (κ1) is 14.0. The molecular formula is C12H17F3N4. The first-order valence-corrected chi connectivity index (χ1v) is 6.28. The molecule has 0 aromatic carbocycles. The third kappa shape index (κ3) is 3.34. The highest BCUT2D eigenvalue weighted by atomic mass is 19.4. The molecule has 0 aliphatic carbocycles. The Morgan fingerprint density at radius 3 is 2.47 bits per heavy atom. The normalized spacial score (nSPS) is 17.8. The van der Waals surface area contributed by atoms with Gasteiger partial charge < -0.3 is 10.6 Å². The van der Waals surface area contributed by atoms with Gasteiger partial charge in [-0.15, -0.1) is 0 Å². The van der Waals surface area contributed by atoms with Crippen LogP contribution in [0.4, 0.5) is 19.1 Å². The summed E-state index contributed by atoms with van der Waals surface area (Å²) in [7, 11) is 0. The molecule has 2 heterocycles. The molecule has 19 heavy (non-hydrogen) atoms. The number of hydrogen-bond acceptors (Lipinski definition) is 4. The fourth-order valence-electron chi connectivity index (χ4n) is 2.21. The van der Waals surface area contributed by atoms with Crippen LogP contribution in [0.25, 0.3) is 0 Å². The predicted molar refractivity (Wildman–Crippen MR) is 65.8 cm³/mol. The molecular weight excluding hydrogens is 257 g/mol. The van der Waals surface area contributed by atoms with Gasteiger partial charge in [-0.1, -0.05) is 0 Å². The molecule has 1 aliphatic rings. The fraction of sp³-hybridized carbons (Fsp3) is 0.667. The predicted octanol–water partition coefficient (Wildman–Crippen LogP) is 1.98. The van der Waals surface area contributed by atoms with Crippen LogP contribution in [-0.2, 0) is 6.18 Å². The minimum atomic E-state index is -4.43. The summed E-state index contributed by atoms with van der Waals surface area (Å²) in [5.74, 6) is 0.617. The van der Waals surface area contributed by atoms with Gasteiger partial charge in [0.1, 0.15) is 5.69 Å². The van der Waals surface area contributed by atoms with Gasteiger partial charge in [0.2, 0.25) is 5.95 Å². The number of rotatable bonds is 2. The summed E-state index contributed by atoms with van der Waals surface area (Å²) in [4.78, 5) is 9.54. The molecule has 0 radical (unpaired) electrons. The number of alkyl halides is 3. The second-order valence-corrected chi connectivity index (χ2v) is 4.86. The van der Waals surface area contributed by atoms with Gasteiger partial charge >= 0.3 is 6.18 Å². The Labute approximate surface area is 109 Å². The minimum Gasteiger partial charge on any atom is -0.341 e. The molecule has 1 aromatic rings. The quantitative estimate of drug-likeness (QED) is 0.896. The highest BCUT2D eigenvalue weighted by Gasteiger charge is 2.34. The highest BCUT2D eigenvalue weighted by Crippen LogP contribution is 2.29. The van der Waals surface area contributed by atoms with Crippen molar-refractivity contribution in [3.63, 3.8) is 0 Å². The topological polar surface area (TPSA) is 55.0 Å². The van der Waals surface area contributed by atoms with Crippen LogP contribution < -0.4 is 10.6 Å². The van der Waals surface area contributed by atoms with Crippen molar-refractivity contribution < 1.29 is 13.2 Å². The van der Waals surface area contributed by atoms with Gasteiger partial charge in [0.15, 0.2) is 0 Å². The molecule has 2 rings (SSSR count). The number of hydrogen-bond donors (Lipinski definition) is 1. The Morgan fingerprint density at radius 2 is 1.95 bits per heavy atom. The number of halogens is 3. The van der Waals surface area contributed by atoms with Crippen molar-refractivity contribution in [3.8, 4) is 0 Å². The molecule has 0 saturated carbocycles. The van der Waals surface area contributed by atoms with Crippen LogP contribution in [0.1, 0.15) is 24.2 Å². The largest absolute Gasteiger partial charge is 0.433 e. The zero-order valence-electron chi connectivity index (χ0n) is 10.7. The smallest absolute Gasteiger partial charge is 0.341 e. The molecule has 4 nitrogen and oxygen atoms in total. The molecule has 1 aliphatic heterocycles. The van der Waals surface area contributed by atoms with Crippen LogP contribution >= 0.6 is 0 Å². The van der Waals surface area contributed by atoms with E-state index >= 15 is 0 Å². The monoisotopic (exact) mass is 274 g/mol. The van der Waals surface area contributed by atoms with Crippen molar-refractivity contribution in [3.05, 3.63) is 17.5 Å². The zero-order chi connectivity index (χ0) is 14.0. The third-order valence-corrected chi connectivity index (χ3v) is 3.36. The second-order valence-electron chi connectivity index (χ2n) is 4.86. The molecule has 0 atom stereocenters. The summed E-state index contributed by atoms with van der Waals surface area (Å²) in [5, 5.41) is 0. The Kier molecular flexibility index (Phi) is 3.93. The highest BCUT2D eigenvalue weighted by molar-refractivity contribution is 5.33. The number of aromatic nitrogens is 2. The van der Waals surface area contributed by atoms with Crippen molar-refractivity contribution in [2.24, 2.45) is 11.7 Å². The summed E-state index contributed by atoms with van der Waals surface area (Å²) >= 11 is 0. The maximum absolute atomic E-state index is 12.7. The van der Waals surface area contributed by atoms with Crippen LogP contribution in [-0.4, -0.2) is 29.6 Å². The molecule has 7 heteroatoms. The SMILES string of the molecule is Cc1cc(C(F)(F)F)nc(N2CCC(CN)CC2)n1. The summed E-state index contributed by atoms with van der Waals surface area (Å²) in [6.45, 7) is 3.48. The van der Waals surface area contributed by atoms with E-state index in [1.165, 1.54) is 0 Å². The molecule has 1 fully saturated rings. The van der Waals surface area contributed by atoms with Crippen molar-refractivity contribution >= 4 is 5.95 Å². The van der Waals surface area contributed by atoms with Gasteiger partial charge in [-0.05, 0) is 38.3 Å². The lowest BCUT2D eigenvalue weighted by atomic mass is 9.97. The standard InChI is InChI=1S/C12H17F3N4/c1-8-6-10(12(13,14)15)18-11(17-8)19-4-2-9(7-16)3-5-19/h6,9H,2-5,7,16H2,1H3. The number of piperidine rings is 1. The lowest BCUT2D eigenvalue weighted by Crippen LogP contribution is -2.37. The average molecular weight is 274 g/mol. The first-order chi connectivity index (χ1) is 8.90. The average Bonchev–Trinajstić information content (AvgIpc) is 2.37. The molecule has 1 saturated heterocycles. The third-order valence-electron chi connectivity index (χ3n) is 3.36. The molecule has 0 bridgehead atoms. The Bertz CT molecular complexity index is 439. The fourth-order valence-corrected chi connectivity index (χ4v) is 2.21. The molecule has 106 valence electrons. The van der Waals surface area contributed by atoms with Crippen LogP contribution in [0.15, 0.2) is 6.07 Å². The number of anilines is 1. The van der Waals surface area contributed by atoms with Gasteiger partial charge in [0.05, 0.1) is 0 Å². The molecule has 0 spiro atoms. The van der Waals surface area contributed by atoms with E-state index in [0.717, 1.165) is 18.9 Å².